The van der Waals surface area contributed by atoms with Crippen LogP contribution in [0.3, 0.4) is 0 Å². The summed E-state index contributed by atoms with van der Waals surface area (Å²) in [6, 6.07) is 1.96. The predicted molar refractivity (Wildman–Crippen MR) is 85.9 cm³/mol. The van der Waals surface area contributed by atoms with Gasteiger partial charge >= 0.3 is 5.97 Å². The fourth-order valence-electron chi connectivity index (χ4n) is 3.06. The van der Waals surface area contributed by atoms with Gasteiger partial charge in [-0.25, -0.2) is 8.78 Å². The molecular formula is C18H17F2NO3. The molecule has 0 bridgehead atoms. The summed E-state index contributed by atoms with van der Waals surface area (Å²) in [5.74, 6) is -2.62. The largest absolute Gasteiger partial charge is 0.465 e. The van der Waals surface area contributed by atoms with E-state index in [9.17, 15) is 18.4 Å². The van der Waals surface area contributed by atoms with Crippen molar-refractivity contribution < 1.29 is 18.3 Å². The summed E-state index contributed by atoms with van der Waals surface area (Å²) in [5.41, 5.74) is 0.171. The van der Waals surface area contributed by atoms with Gasteiger partial charge in [0.25, 0.3) is 5.56 Å². The van der Waals surface area contributed by atoms with Gasteiger partial charge in [-0.15, -0.1) is 0 Å². The van der Waals surface area contributed by atoms with Gasteiger partial charge in [-0.1, -0.05) is 12.2 Å². The number of benzene rings is 1. The molecule has 1 aromatic heterocycles. The summed E-state index contributed by atoms with van der Waals surface area (Å²) >= 11 is 0. The van der Waals surface area contributed by atoms with Gasteiger partial charge in [0.2, 0.25) is 0 Å². The number of carbonyl (C=O) groups excluding carboxylic acids is 1. The highest BCUT2D eigenvalue weighted by Gasteiger charge is 2.20. The van der Waals surface area contributed by atoms with Crippen molar-refractivity contribution in [3.8, 4) is 0 Å². The lowest BCUT2D eigenvalue weighted by Gasteiger charge is -2.16. The molecule has 0 spiro atoms. The number of nitrogens with zero attached hydrogens (tertiary/aromatic N) is 1. The molecular weight excluding hydrogens is 316 g/mol. The summed E-state index contributed by atoms with van der Waals surface area (Å²) in [6.45, 7) is 1.62. The van der Waals surface area contributed by atoms with E-state index in [4.69, 9.17) is 4.74 Å². The van der Waals surface area contributed by atoms with Crippen molar-refractivity contribution in [2.24, 2.45) is 0 Å². The number of ether oxygens (including phenoxy) is 1. The zero-order valence-electron chi connectivity index (χ0n) is 13.2. The molecule has 4 nitrogen and oxygen atoms in total. The SMILES string of the molecule is CCOC(=O)Cn1cc(C2C=CCC2)c2cc(F)c(F)cc2c1=O. The van der Waals surface area contributed by atoms with E-state index in [0.717, 1.165) is 25.0 Å². The number of allylic oxidation sites excluding steroid dienone is 2. The number of fused-ring (bicyclic) bond motifs is 1. The van der Waals surface area contributed by atoms with E-state index in [1.807, 2.05) is 12.2 Å². The number of hydrogen-bond donors (Lipinski definition) is 0. The van der Waals surface area contributed by atoms with E-state index in [0.29, 0.717) is 10.9 Å². The van der Waals surface area contributed by atoms with Crippen LogP contribution < -0.4 is 5.56 Å². The third-order valence-electron chi connectivity index (χ3n) is 4.17. The standard InChI is InChI=1S/C18H17F2NO3/c1-2-24-17(22)10-21-9-14(11-5-3-4-6-11)12-7-15(19)16(20)8-13(12)18(21)23/h3,5,7-9,11H,2,4,6,10H2,1H3. The minimum atomic E-state index is -1.08. The van der Waals surface area contributed by atoms with Gasteiger partial charge in [-0.2, -0.15) is 0 Å². The third-order valence-corrected chi connectivity index (χ3v) is 4.17. The Morgan fingerprint density at radius 3 is 2.62 bits per heavy atom. The van der Waals surface area contributed by atoms with Crippen molar-refractivity contribution in [2.75, 3.05) is 6.61 Å². The Hall–Kier alpha value is -2.50. The number of aromatic nitrogens is 1. The fraction of sp³-hybridized carbons (Fsp3) is 0.333. The van der Waals surface area contributed by atoms with Crippen LogP contribution in [0, 0.1) is 11.6 Å². The Labute approximate surface area is 137 Å². The van der Waals surface area contributed by atoms with Gasteiger partial charge in [0, 0.05) is 12.1 Å². The molecule has 6 heteroatoms. The van der Waals surface area contributed by atoms with Crippen LogP contribution in [0.5, 0.6) is 0 Å². The van der Waals surface area contributed by atoms with Crippen LogP contribution in [0.1, 0.15) is 31.2 Å². The molecule has 24 heavy (non-hydrogen) atoms. The van der Waals surface area contributed by atoms with Crippen LogP contribution in [0.2, 0.25) is 0 Å². The first-order valence-corrected chi connectivity index (χ1v) is 7.85. The highest BCUT2D eigenvalue weighted by molar-refractivity contribution is 5.86. The van der Waals surface area contributed by atoms with Crippen molar-refractivity contribution in [1.82, 2.24) is 4.57 Å². The quantitative estimate of drug-likeness (QED) is 0.637. The second-order valence-corrected chi connectivity index (χ2v) is 5.75. The second kappa shape index (κ2) is 6.55. The zero-order chi connectivity index (χ0) is 17.3. The van der Waals surface area contributed by atoms with Crippen molar-refractivity contribution in [3.63, 3.8) is 0 Å². The minimum Gasteiger partial charge on any atom is -0.465 e. The van der Waals surface area contributed by atoms with Crippen molar-refractivity contribution in [3.05, 3.63) is 58.0 Å². The van der Waals surface area contributed by atoms with E-state index < -0.39 is 23.2 Å². The van der Waals surface area contributed by atoms with Crippen molar-refractivity contribution >= 4 is 16.7 Å². The Kier molecular flexibility index (Phi) is 4.46. The first-order valence-electron chi connectivity index (χ1n) is 7.85. The maximum Gasteiger partial charge on any atom is 0.326 e. The first kappa shape index (κ1) is 16.4. The summed E-state index contributed by atoms with van der Waals surface area (Å²) in [5, 5.41) is 0.451. The normalized spacial score (nSPS) is 16.7. The van der Waals surface area contributed by atoms with E-state index in [1.165, 1.54) is 4.57 Å². The third kappa shape index (κ3) is 2.96. The monoisotopic (exact) mass is 333 g/mol. The van der Waals surface area contributed by atoms with E-state index in [1.54, 1.807) is 13.1 Å². The number of hydrogen-bond acceptors (Lipinski definition) is 3. The van der Waals surface area contributed by atoms with Crippen LogP contribution in [-0.4, -0.2) is 17.1 Å². The van der Waals surface area contributed by atoms with Crippen molar-refractivity contribution in [2.45, 2.75) is 32.2 Å². The molecule has 0 fully saturated rings. The van der Waals surface area contributed by atoms with E-state index in [-0.39, 0.29) is 24.5 Å². The number of esters is 1. The van der Waals surface area contributed by atoms with E-state index in [2.05, 4.69) is 0 Å². The van der Waals surface area contributed by atoms with E-state index >= 15 is 0 Å². The maximum atomic E-state index is 13.7. The Morgan fingerprint density at radius 1 is 1.29 bits per heavy atom. The fourth-order valence-corrected chi connectivity index (χ4v) is 3.06. The molecule has 1 aromatic carbocycles. The Balaban J connectivity index is 2.20. The molecule has 1 atom stereocenters. The van der Waals surface area contributed by atoms with Crippen LogP contribution in [0.4, 0.5) is 8.78 Å². The lowest BCUT2D eigenvalue weighted by molar-refractivity contribution is -0.143. The average molecular weight is 333 g/mol. The topological polar surface area (TPSA) is 48.3 Å². The van der Waals surface area contributed by atoms with Gasteiger partial charge in [-0.3, -0.25) is 9.59 Å². The molecule has 2 aromatic rings. The number of pyridine rings is 1. The molecule has 1 unspecified atom stereocenters. The van der Waals surface area contributed by atoms with Crippen LogP contribution in [0.25, 0.3) is 10.8 Å². The maximum absolute atomic E-state index is 13.7. The molecule has 1 aliphatic carbocycles. The van der Waals surface area contributed by atoms with Gasteiger partial charge in [0.1, 0.15) is 6.54 Å². The number of carbonyl (C=O) groups is 1. The van der Waals surface area contributed by atoms with Crippen LogP contribution >= 0.6 is 0 Å². The molecule has 126 valence electrons. The summed E-state index contributed by atoms with van der Waals surface area (Å²) in [4.78, 5) is 24.3. The number of halogens is 2. The zero-order valence-corrected chi connectivity index (χ0v) is 13.2. The molecule has 1 aliphatic rings. The molecule has 0 aliphatic heterocycles. The Morgan fingerprint density at radius 2 is 2.00 bits per heavy atom. The van der Waals surface area contributed by atoms with Crippen LogP contribution in [-0.2, 0) is 16.1 Å². The van der Waals surface area contributed by atoms with Crippen LogP contribution in [0.15, 0.2) is 35.3 Å². The summed E-state index contributed by atoms with van der Waals surface area (Å²) in [7, 11) is 0. The molecule has 0 saturated carbocycles. The van der Waals surface area contributed by atoms with Crippen molar-refractivity contribution in [1.29, 1.82) is 0 Å². The highest BCUT2D eigenvalue weighted by atomic mass is 19.2. The lowest BCUT2D eigenvalue weighted by Crippen LogP contribution is -2.26. The lowest BCUT2D eigenvalue weighted by atomic mass is 9.94. The molecule has 0 N–H and O–H groups in total. The Bertz CT molecular complexity index is 886. The van der Waals surface area contributed by atoms with Gasteiger partial charge in [0.15, 0.2) is 11.6 Å². The average Bonchev–Trinajstić information content (AvgIpc) is 3.06. The van der Waals surface area contributed by atoms with Gasteiger partial charge in [-0.05, 0) is 42.8 Å². The molecule has 0 amide bonds. The van der Waals surface area contributed by atoms with Gasteiger partial charge in [0.05, 0.1) is 12.0 Å². The molecule has 3 rings (SSSR count). The first-order chi connectivity index (χ1) is 11.5. The predicted octanol–water partition coefficient (Wildman–Crippen LogP) is 3.28. The summed E-state index contributed by atoms with van der Waals surface area (Å²) in [6.07, 6.45) is 7.25. The molecule has 0 radical (unpaired) electrons. The minimum absolute atomic E-state index is 0.00593. The molecule has 1 heterocycles. The molecule has 0 saturated heterocycles. The summed E-state index contributed by atoms with van der Waals surface area (Å²) < 4.78 is 33.4. The smallest absolute Gasteiger partial charge is 0.326 e. The second-order valence-electron chi connectivity index (χ2n) is 5.75. The number of rotatable bonds is 4. The van der Waals surface area contributed by atoms with Gasteiger partial charge < -0.3 is 9.30 Å². The highest BCUT2D eigenvalue weighted by Crippen LogP contribution is 2.33.